The van der Waals surface area contributed by atoms with Crippen molar-refractivity contribution in [2.75, 3.05) is 27.2 Å². The molecule has 0 radical (unpaired) electrons. The van der Waals surface area contributed by atoms with Crippen LogP contribution < -0.4 is 0 Å². The number of likely N-dealkylation sites (tertiary alicyclic amines) is 1. The monoisotopic (exact) mass is 433 g/mol. The van der Waals surface area contributed by atoms with Gasteiger partial charge >= 0.3 is 0 Å². The van der Waals surface area contributed by atoms with E-state index in [9.17, 15) is 9.59 Å². The predicted molar refractivity (Wildman–Crippen MR) is 119 cm³/mol. The fourth-order valence-electron chi connectivity index (χ4n) is 4.73. The SMILES string of the molecule is CN(C)C(=O)c1nn(C)c2c1COC1(CCN(C(=O)c3ccc4ccccc4n3)CC1)C2. The van der Waals surface area contributed by atoms with Crippen LogP contribution in [0.15, 0.2) is 36.4 Å². The minimum atomic E-state index is -0.327. The van der Waals surface area contributed by atoms with Crippen LogP contribution >= 0.6 is 0 Å². The number of carbonyl (C=O) groups is 2. The normalized spacial score (nSPS) is 17.4. The Labute approximate surface area is 186 Å². The summed E-state index contributed by atoms with van der Waals surface area (Å²) in [5.74, 6) is -0.147. The van der Waals surface area contributed by atoms with Crippen LogP contribution in [0.2, 0.25) is 0 Å². The highest BCUT2D eigenvalue weighted by Gasteiger charge is 2.42. The smallest absolute Gasteiger partial charge is 0.274 e. The first-order chi connectivity index (χ1) is 15.4. The highest BCUT2D eigenvalue weighted by atomic mass is 16.5. The van der Waals surface area contributed by atoms with E-state index in [0.29, 0.717) is 37.5 Å². The Kier molecular flexibility index (Phi) is 4.97. The number of hydrogen-bond acceptors (Lipinski definition) is 5. The Morgan fingerprint density at radius 1 is 1.09 bits per heavy atom. The molecule has 1 spiro atoms. The van der Waals surface area contributed by atoms with Gasteiger partial charge in [0.25, 0.3) is 11.8 Å². The first kappa shape index (κ1) is 20.6. The number of carbonyl (C=O) groups excluding carboxylic acids is 2. The summed E-state index contributed by atoms with van der Waals surface area (Å²) in [4.78, 5) is 33.5. The first-order valence-corrected chi connectivity index (χ1v) is 10.9. The van der Waals surface area contributed by atoms with Gasteiger partial charge in [0.1, 0.15) is 5.69 Å². The lowest BCUT2D eigenvalue weighted by atomic mass is 9.83. The van der Waals surface area contributed by atoms with Gasteiger partial charge in [0.15, 0.2) is 5.69 Å². The van der Waals surface area contributed by atoms with E-state index in [1.807, 2.05) is 47.0 Å². The van der Waals surface area contributed by atoms with Crippen molar-refractivity contribution in [3.63, 3.8) is 0 Å². The van der Waals surface area contributed by atoms with Crippen LogP contribution in [0.3, 0.4) is 0 Å². The minimum absolute atomic E-state index is 0.0403. The summed E-state index contributed by atoms with van der Waals surface area (Å²) in [6.45, 7) is 1.60. The molecule has 4 heterocycles. The van der Waals surface area contributed by atoms with E-state index in [4.69, 9.17) is 4.74 Å². The summed E-state index contributed by atoms with van der Waals surface area (Å²) in [5, 5.41) is 5.50. The molecule has 32 heavy (non-hydrogen) atoms. The molecule has 2 aromatic heterocycles. The fourth-order valence-corrected chi connectivity index (χ4v) is 4.73. The zero-order valence-corrected chi connectivity index (χ0v) is 18.7. The highest BCUT2D eigenvalue weighted by Crippen LogP contribution is 2.37. The summed E-state index contributed by atoms with van der Waals surface area (Å²) in [6.07, 6.45) is 2.19. The summed E-state index contributed by atoms with van der Waals surface area (Å²) < 4.78 is 8.14. The molecular weight excluding hydrogens is 406 g/mol. The molecule has 8 nitrogen and oxygen atoms in total. The predicted octanol–water partition coefficient (Wildman–Crippen LogP) is 2.42. The Morgan fingerprint density at radius 3 is 2.59 bits per heavy atom. The van der Waals surface area contributed by atoms with Gasteiger partial charge in [-0.2, -0.15) is 5.10 Å². The lowest BCUT2D eigenvalue weighted by Gasteiger charge is -2.43. The van der Waals surface area contributed by atoms with Gasteiger partial charge in [-0.1, -0.05) is 24.3 Å². The van der Waals surface area contributed by atoms with Gasteiger partial charge < -0.3 is 14.5 Å². The standard InChI is InChI=1S/C24H27N5O3/c1-27(2)23(31)21-17-15-32-24(14-20(17)28(3)26-21)10-12-29(13-11-24)22(30)19-9-8-16-6-4-5-7-18(16)25-19/h4-9H,10-15H2,1-3H3. The van der Waals surface area contributed by atoms with Crippen molar-refractivity contribution in [1.82, 2.24) is 24.6 Å². The summed E-state index contributed by atoms with van der Waals surface area (Å²) in [6, 6.07) is 11.6. The largest absolute Gasteiger partial charge is 0.370 e. The molecule has 8 heteroatoms. The quantitative estimate of drug-likeness (QED) is 0.620. The molecule has 0 unspecified atom stereocenters. The van der Waals surface area contributed by atoms with Crippen LogP contribution in [0.1, 0.15) is 45.1 Å². The van der Waals surface area contributed by atoms with E-state index in [1.165, 1.54) is 4.90 Å². The van der Waals surface area contributed by atoms with Crippen LogP contribution in [0.4, 0.5) is 0 Å². The van der Waals surface area contributed by atoms with E-state index in [-0.39, 0.29) is 17.4 Å². The van der Waals surface area contributed by atoms with Gasteiger partial charge in [0.05, 0.1) is 17.7 Å². The van der Waals surface area contributed by atoms with Crippen LogP contribution in [-0.4, -0.2) is 69.2 Å². The summed E-state index contributed by atoms with van der Waals surface area (Å²) in [7, 11) is 5.34. The molecule has 5 rings (SSSR count). The van der Waals surface area contributed by atoms with Gasteiger partial charge in [0.2, 0.25) is 0 Å². The summed E-state index contributed by atoms with van der Waals surface area (Å²) >= 11 is 0. The molecule has 0 saturated carbocycles. The Balaban J connectivity index is 1.30. The molecule has 2 amide bonds. The molecule has 2 aliphatic heterocycles. The number of nitrogens with zero attached hydrogens (tertiary/aromatic N) is 5. The Morgan fingerprint density at radius 2 is 1.84 bits per heavy atom. The van der Waals surface area contributed by atoms with E-state index in [2.05, 4.69) is 10.1 Å². The van der Waals surface area contributed by atoms with Crippen molar-refractivity contribution in [3.05, 3.63) is 59.0 Å². The van der Waals surface area contributed by atoms with Crippen molar-refractivity contribution in [2.24, 2.45) is 7.05 Å². The summed E-state index contributed by atoms with van der Waals surface area (Å²) in [5.41, 5.74) is 3.39. The molecule has 0 bridgehead atoms. The van der Waals surface area contributed by atoms with Crippen molar-refractivity contribution in [2.45, 2.75) is 31.5 Å². The first-order valence-electron chi connectivity index (χ1n) is 10.9. The maximum atomic E-state index is 13.1. The Hall–Kier alpha value is -3.26. The number of benzene rings is 1. The maximum absolute atomic E-state index is 13.1. The van der Waals surface area contributed by atoms with Crippen molar-refractivity contribution >= 4 is 22.7 Å². The molecular formula is C24H27N5O3. The van der Waals surface area contributed by atoms with Gasteiger partial charge in [-0.05, 0) is 25.0 Å². The lowest BCUT2D eigenvalue weighted by molar-refractivity contribution is -0.0990. The highest BCUT2D eigenvalue weighted by molar-refractivity contribution is 5.95. The number of piperidine rings is 1. The van der Waals surface area contributed by atoms with Crippen LogP contribution in [0, 0.1) is 0 Å². The number of amides is 2. The number of aryl methyl sites for hydroxylation is 1. The van der Waals surface area contributed by atoms with Gasteiger partial charge in [0, 0.05) is 57.3 Å². The fraction of sp³-hybridized carbons (Fsp3) is 0.417. The van der Waals surface area contributed by atoms with Crippen molar-refractivity contribution in [1.29, 1.82) is 0 Å². The zero-order valence-electron chi connectivity index (χ0n) is 18.7. The number of para-hydroxylation sites is 1. The van der Waals surface area contributed by atoms with Crippen molar-refractivity contribution < 1.29 is 14.3 Å². The van der Waals surface area contributed by atoms with E-state index >= 15 is 0 Å². The number of aromatic nitrogens is 3. The minimum Gasteiger partial charge on any atom is -0.370 e. The lowest BCUT2D eigenvalue weighted by Crippen LogP contribution is -2.50. The van der Waals surface area contributed by atoms with Crippen LogP contribution in [-0.2, 0) is 24.8 Å². The van der Waals surface area contributed by atoms with E-state index in [0.717, 1.165) is 35.0 Å². The number of fused-ring (bicyclic) bond motifs is 2. The van der Waals surface area contributed by atoms with Crippen LogP contribution in [0.5, 0.6) is 0 Å². The Bertz CT molecular complexity index is 1210. The average Bonchev–Trinajstić information content (AvgIpc) is 3.13. The maximum Gasteiger partial charge on any atom is 0.274 e. The third kappa shape index (κ3) is 3.44. The van der Waals surface area contributed by atoms with Gasteiger partial charge in [-0.3, -0.25) is 14.3 Å². The topological polar surface area (TPSA) is 80.6 Å². The van der Waals surface area contributed by atoms with Gasteiger partial charge in [-0.15, -0.1) is 0 Å². The van der Waals surface area contributed by atoms with Crippen molar-refractivity contribution in [3.8, 4) is 0 Å². The zero-order chi connectivity index (χ0) is 22.5. The van der Waals surface area contributed by atoms with E-state index in [1.54, 1.807) is 20.2 Å². The molecule has 3 aromatic rings. The number of hydrogen-bond donors (Lipinski definition) is 0. The molecule has 0 aliphatic carbocycles. The molecule has 166 valence electrons. The third-order valence-electron chi connectivity index (χ3n) is 6.68. The second-order valence-electron chi connectivity index (χ2n) is 8.93. The molecule has 1 fully saturated rings. The number of pyridine rings is 1. The molecule has 1 aromatic carbocycles. The molecule has 1 saturated heterocycles. The second kappa shape index (κ2) is 7.70. The van der Waals surface area contributed by atoms with Gasteiger partial charge in [-0.25, -0.2) is 4.98 Å². The van der Waals surface area contributed by atoms with E-state index < -0.39 is 0 Å². The molecule has 2 aliphatic rings. The molecule has 0 atom stereocenters. The van der Waals surface area contributed by atoms with Crippen LogP contribution in [0.25, 0.3) is 10.9 Å². The molecule has 0 N–H and O–H groups in total. The number of ether oxygens (including phenoxy) is 1. The third-order valence-corrected chi connectivity index (χ3v) is 6.68. The second-order valence-corrected chi connectivity index (χ2v) is 8.93. The number of rotatable bonds is 2. The average molecular weight is 434 g/mol.